The van der Waals surface area contributed by atoms with Gasteiger partial charge in [0.1, 0.15) is 5.60 Å². The number of hydrogen-bond acceptors (Lipinski definition) is 3. The molecule has 1 fully saturated rings. The van der Waals surface area contributed by atoms with Gasteiger partial charge in [-0.2, -0.15) is 0 Å². The average Bonchev–Trinajstić information content (AvgIpc) is 2.91. The van der Waals surface area contributed by atoms with E-state index in [4.69, 9.17) is 10.5 Å². The Balaban J connectivity index is 1.93. The number of aryl methyl sites for hydroxylation is 2. The number of amides is 1. The lowest BCUT2D eigenvalue weighted by Crippen LogP contribution is -2.38. The molecule has 1 aromatic rings. The molecule has 2 unspecified atom stereocenters. The Morgan fingerprint density at radius 2 is 2.09 bits per heavy atom. The van der Waals surface area contributed by atoms with E-state index in [1.165, 1.54) is 16.7 Å². The number of carbonyl (C=O) groups excluding carboxylic acids is 1. The van der Waals surface area contributed by atoms with E-state index in [0.717, 1.165) is 19.4 Å². The van der Waals surface area contributed by atoms with E-state index in [-0.39, 0.29) is 12.1 Å². The largest absolute Gasteiger partial charge is 0.444 e. The molecule has 0 aliphatic carbocycles. The third kappa shape index (κ3) is 4.96. The molecule has 1 heterocycles. The highest BCUT2D eigenvalue weighted by Gasteiger charge is 2.32. The van der Waals surface area contributed by atoms with Crippen LogP contribution in [0.1, 0.15) is 43.9 Å². The fraction of sp³-hybridized carbons (Fsp3) is 0.632. The van der Waals surface area contributed by atoms with E-state index in [1.54, 1.807) is 4.90 Å². The highest BCUT2D eigenvalue weighted by molar-refractivity contribution is 5.68. The molecule has 1 amide bonds. The van der Waals surface area contributed by atoms with Crippen LogP contribution in [-0.2, 0) is 11.2 Å². The van der Waals surface area contributed by atoms with Crippen molar-refractivity contribution in [1.82, 2.24) is 4.90 Å². The molecular weight excluding hydrogens is 288 g/mol. The van der Waals surface area contributed by atoms with Gasteiger partial charge in [-0.25, -0.2) is 4.79 Å². The van der Waals surface area contributed by atoms with Gasteiger partial charge in [-0.1, -0.05) is 23.8 Å². The number of nitrogens with two attached hydrogens (primary N) is 1. The Morgan fingerprint density at radius 3 is 2.74 bits per heavy atom. The predicted molar refractivity (Wildman–Crippen MR) is 93.5 cm³/mol. The first-order valence-electron chi connectivity index (χ1n) is 8.45. The first-order chi connectivity index (χ1) is 10.7. The summed E-state index contributed by atoms with van der Waals surface area (Å²) in [5.41, 5.74) is 9.85. The van der Waals surface area contributed by atoms with Crippen LogP contribution in [0, 0.1) is 19.8 Å². The molecule has 0 bridgehead atoms. The van der Waals surface area contributed by atoms with Gasteiger partial charge in [0.15, 0.2) is 0 Å². The smallest absolute Gasteiger partial charge is 0.410 e. The van der Waals surface area contributed by atoms with Crippen molar-refractivity contribution < 1.29 is 9.53 Å². The molecule has 23 heavy (non-hydrogen) atoms. The van der Waals surface area contributed by atoms with Crippen molar-refractivity contribution in [2.75, 3.05) is 13.1 Å². The molecule has 2 atom stereocenters. The summed E-state index contributed by atoms with van der Waals surface area (Å²) in [7, 11) is 0. The Hall–Kier alpha value is -1.55. The van der Waals surface area contributed by atoms with Crippen LogP contribution in [0.3, 0.4) is 0 Å². The van der Waals surface area contributed by atoms with Crippen molar-refractivity contribution in [3.8, 4) is 0 Å². The number of hydrogen-bond donors (Lipinski definition) is 1. The Bertz CT molecular complexity index is 563. The topological polar surface area (TPSA) is 55.6 Å². The molecule has 0 saturated carbocycles. The summed E-state index contributed by atoms with van der Waals surface area (Å²) in [5.74, 6) is 0.336. The third-order valence-corrected chi connectivity index (χ3v) is 4.44. The summed E-state index contributed by atoms with van der Waals surface area (Å²) in [6, 6.07) is 6.57. The van der Waals surface area contributed by atoms with Gasteiger partial charge in [0.2, 0.25) is 0 Å². The SMILES string of the molecule is Cc1ccc(C)c(CC(N)C2CCN(C(=O)OC(C)(C)C)C2)c1. The second-order valence-corrected chi connectivity index (χ2v) is 7.77. The maximum atomic E-state index is 12.1. The minimum atomic E-state index is -0.448. The maximum absolute atomic E-state index is 12.1. The van der Waals surface area contributed by atoms with Crippen molar-refractivity contribution in [2.45, 2.75) is 59.1 Å². The van der Waals surface area contributed by atoms with Gasteiger partial charge in [0.05, 0.1) is 0 Å². The van der Waals surface area contributed by atoms with Crippen LogP contribution in [0.4, 0.5) is 4.79 Å². The highest BCUT2D eigenvalue weighted by atomic mass is 16.6. The molecular formula is C19H30N2O2. The van der Waals surface area contributed by atoms with Gasteiger partial charge in [0.25, 0.3) is 0 Å². The normalized spacial score (nSPS) is 19.7. The fourth-order valence-electron chi connectivity index (χ4n) is 3.07. The van der Waals surface area contributed by atoms with Crippen LogP contribution in [0.2, 0.25) is 0 Å². The number of ether oxygens (including phenoxy) is 1. The minimum Gasteiger partial charge on any atom is -0.444 e. The lowest BCUT2D eigenvalue weighted by atomic mass is 9.91. The molecule has 4 heteroatoms. The predicted octanol–water partition coefficient (Wildman–Crippen LogP) is 3.43. The monoisotopic (exact) mass is 318 g/mol. The second kappa shape index (κ2) is 6.91. The van der Waals surface area contributed by atoms with E-state index in [0.29, 0.717) is 12.5 Å². The van der Waals surface area contributed by atoms with E-state index in [9.17, 15) is 4.79 Å². The summed E-state index contributed by atoms with van der Waals surface area (Å²) >= 11 is 0. The molecule has 128 valence electrons. The van der Waals surface area contributed by atoms with Gasteiger partial charge >= 0.3 is 6.09 Å². The number of carbonyl (C=O) groups is 1. The summed E-state index contributed by atoms with van der Waals surface area (Å²) in [6.07, 6.45) is 1.59. The Morgan fingerprint density at radius 1 is 1.39 bits per heavy atom. The molecule has 1 aliphatic rings. The quantitative estimate of drug-likeness (QED) is 0.929. The van der Waals surface area contributed by atoms with E-state index < -0.39 is 5.60 Å². The molecule has 1 aliphatic heterocycles. The van der Waals surface area contributed by atoms with Crippen molar-refractivity contribution in [2.24, 2.45) is 11.7 Å². The first-order valence-corrected chi connectivity index (χ1v) is 8.45. The summed E-state index contributed by atoms with van der Waals surface area (Å²) in [5, 5.41) is 0. The van der Waals surface area contributed by atoms with Crippen molar-refractivity contribution >= 4 is 6.09 Å². The second-order valence-electron chi connectivity index (χ2n) is 7.77. The van der Waals surface area contributed by atoms with Crippen LogP contribution < -0.4 is 5.73 Å². The zero-order chi connectivity index (χ0) is 17.2. The number of benzene rings is 1. The van der Waals surface area contributed by atoms with Crippen molar-refractivity contribution in [1.29, 1.82) is 0 Å². The Kier molecular flexibility index (Phi) is 5.35. The summed E-state index contributed by atoms with van der Waals surface area (Å²) in [4.78, 5) is 13.9. The van der Waals surface area contributed by atoms with Gasteiger partial charge in [-0.05, 0) is 64.5 Å². The Labute approximate surface area is 140 Å². The van der Waals surface area contributed by atoms with Gasteiger partial charge in [-0.3, -0.25) is 0 Å². The maximum Gasteiger partial charge on any atom is 0.410 e. The molecule has 1 aromatic carbocycles. The lowest BCUT2D eigenvalue weighted by molar-refractivity contribution is 0.0286. The summed E-state index contributed by atoms with van der Waals surface area (Å²) in [6.45, 7) is 11.3. The van der Waals surface area contributed by atoms with Crippen LogP contribution in [0.5, 0.6) is 0 Å². The van der Waals surface area contributed by atoms with Crippen LogP contribution in [-0.4, -0.2) is 35.7 Å². The average molecular weight is 318 g/mol. The van der Waals surface area contributed by atoms with E-state index in [2.05, 4.69) is 32.0 Å². The number of likely N-dealkylation sites (tertiary alicyclic amines) is 1. The third-order valence-electron chi connectivity index (χ3n) is 4.44. The van der Waals surface area contributed by atoms with Crippen LogP contribution in [0.25, 0.3) is 0 Å². The highest BCUT2D eigenvalue weighted by Crippen LogP contribution is 2.24. The van der Waals surface area contributed by atoms with E-state index in [1.807, 2.05) is 20.8 Å². The summed E-state index contributed by atoms with van der Waals surface area (Å²) < 4.78 is 5.45. The minimum absolute atomic E-state index is 0.0722. The lowest BCUT2D eigenvalue weighted by Gasteiger charge is -2.25. The zero-order valence-electron chi connectivity index (χ0n) is 15.1. The van der Waals surface area contributed by atoms with Crippen LogP contribution >= 0.6 is 0 Å². The molecule has 0 spiro atoms. The number of rotatable bonds is 3. The van der Waals surface area contributed by atoms with Crippen LogP contribution in [0.15, 0.2) is 18.2 Å². The first kappa shape index (κ1) is 17.8. The van der Waals surface area contributed by atoms with Gasteiger partial charge in [-0.15, -0.1) is 0 Å². The van der Waals surface area contributed by atoms with Gasteiger partial charge in [0, 0.05) is 19.1 Å². The van der Waals surface area contributed by atoms with Gasteiger partial charge < -0.3 is 15.4 Å². The molecule has 1 saturated heterocycles. The molecule has 0 radical (unpaired) electrons. The standard InChI is InChI=1S/C19H30N2O2/c1-13-6-7-14(2)16(10-13)11-17(20)15-8-9-21(12-15)18(22)23-19(3,4)5/h6-7,10,15,17H,8-9,11-12,20H2,1-5H3. The molecule has 2 N–H and O–H groups in total. The van der Waals surface area contributed by atoms with Crippen molar-refractivity contribution in [3.05, 3.63) is 34.9 Å². The number of nitrogens with zero attached hydrogens (tertiary/aromatic N) is 1. The molecule has 0 aromatic heterocycles. The zero-order valence-corrected chi connectivity index (χ0v) is 15.1. The van der Waals surface area contributed by atoms with Crippen molar-refractivity contribution in [3.63, 3.8) is 0 Å². The fourth-order valence-corrected chi connectivity index (χ4v) is 3.07. The van der Waals surface area contributed by atoms with E-state index >= 15 is 0 Å². The molecule has 2 rings (SSSR count). The molecule has 4 nitrogen and oxygen atoms in total.